The van der Waals surface area contributed by atoms with Gasteiger partial charge in [0, 0.05) is 87.8 Å². The molecule has 2 aliphatic rings. The summed E-state index contributed by atoms with van der Waals surface area (Å²) < 4.78 is 45.0. The molecule has 0 aliphatic carbocycles. The van der Waals surface area contributed by atoms with Crippen LogP contribution in [0, 0.1) is 18.3 Å². The predicted molar refractivity (Wildman–Crippen MR) is 193 cm³/mol. The van der Waals surface area contributed by atoms with Gasteiger partial charge in [0.25, 0.3) is 0 Å². The van der Waals surface area contributed by atoms with Gasteiger partial charge in [0.15, 0.2) is 0 Å². The summed E-state index contributed by atoms with van der Waals surface area (Å²) in [6.07, 6.45) is -0.374. The number of nitrogens with zero attached hydrogens (tertiary/aromatic N) is 7. The molecule has 2 atom stereocenters. The molecule has 0 amide bonds. The van der Waals surface area contributed by atoms with Crippen molar-refractivity contribution in [2.75, 3.05) is 69.8 Å². The molecule has 14 heteroatoms. The summed E-state index contributed by atoms with van der Waals surface area (Å²) in [6, 6.07) is 10.6. The Morgan fingerprint density at radius 1 is 1.06 bits per heavy atom. The van der Waals surface area contributed by atoms with E-state index in [0.717, 1.165) is 94.0 Å². The SMILES string of the molecule is C=S(C)N1CCN(CCn2c(C#N)cc3c(C)c(CN4CCC(Nc5nc(NC)nc6sc(C(C)C(F)(F)F)cc56)CC4)ccc32)CC1. The van der Waals surface area contributed by atoms with E-state index in [1.54, 1.807) is 13.1 Å². The highest BCUT2D eigenvalue weighted by Crippen LogP contribution is 2.41. The summed E-state index contributed by atoms with van der Waals surface area (Å²) in [7, 11) is 1.77. The van der Waals surface area contributed by atoms with Gasteiger partial charge in [0.1, 0.15) is 22.4 Å². The molecule has 2 fully saturated rings. The number of hydrogen-bond acceptors (Lipinski definition) is 9. The number of rotatable bonds is 10. The molecule has 1 aromatic carbocycles. The van der Waals surface area contributed by atoms with Crippen molar-refractivity contribution in [2.45, 2.75) is 57.9 Å². The van der Waals surface area contributed by atoms with Crippen LogP contribution >= 0.6 is 22.0 Å². The van der Waals surface area contributed by atoms with E-state index < -0.39 is 12.1 Å². The number of nitriles is 1. The van der Waals surface area contributed by atoms with E-state index in [1.807, 2.05) is 6.07 Å². The fourth-order valence-electron chi connectivity index (χ4n) is 6.74. The van der Waals surface area contributed by atoms with Crippen LogP contribution in [0.2, 0.25) is 0 Å². The first-order valence-electron chi connectivity index (χ1n) is 16.4. The van der Waals surface area contributed by atoms with Gasteiger partial charge in [-0.1, -0.05) is 11.9 Å². The van der Waals surface area contributed by atoms with Crippen LogP contribution in [-0.2, 0) is 13.1 Å². The minimum absolute atomic E-state index is 0.0647. The Morgan fingerprint density at radius 2 is 1.79 bits per heavy atom. The summed E-state index contributed by atoms with van der Waals surface area (Å²) in [4.78, 5) is 14.7. The second kappa shape index (κ2) is 14.3. The first-order valence-corrected chi connectivity index (χ1v) is 19.0. The smallest absolute Gasteiger partial charge is 0.367 e. The third-order valence-corrected chi connectivity index (χ3v) is 12.3. The van der Waals surface area contributed by atoms with Gasteiger partial charge < -0.3 is 15.2 Å². The van der Waals surface area contributed by atoms with Gasteiger partial charge in [0.05, 0.1) is 11.3 Å². The summed E-state index contributed by atoms with van der Waals surface area (Å²) in [6.45, 7) is 11.8. The van der Waals surface area contributed by atoms with Crippen molar-refractivity contribution in [1.29, 1.82) is 5.26 Å². The average Bonchev–Trinajstić information content (AvgIpc) is 3.67. The van der Waals surface area contributed by atoms with Crippen LogP contribution < -0.4 is 10.6 Å². The molecule has 2 saturated heterocycles. The van der Waals surface area contributed by atoms with Crippen LogP contribution in [0.5, 0.6) is 0 Å². The third kappa shape index (κ3) is 7.35. The topological polar surface area (TPSA) is 88.3 Å². The minimum atomic E-state index is -4.31. The molecule has 9 nitrogen and oxygen atoms in total. The van der Waals surface area contributed by atoms with Gasteiger partial charge in [-0.3, -0.25) is 14.1 Å². The number of hydrogen-bond donors (Lipinski definition) is 2. The maximum atomic E-state index is 13.5. The van der Waals surface area contributed by atoms with Crippen molar-refractivity contribution in [2.24, 2.45) is 0 Å². The van der Waals surface area contributed by atoms with Gasteiger partial charge in [-0.2, -0.15) is 23.4 Å². The molecule has 0 bridgehead atoms. The van der Waals surface area contributed by atoms with Crippen LogP contribution in [0.25, 0.3) is 21.1 Å². The van der Waals surface area contributed by atoms with Gasteiger partial charge in [-0.15, -0.1) is 22.0 Å². The highest BCUT2D eigenvalue weighted by atomic mass is 32.2. The number of aryl methyl sites for hydroxylation is 1. The van der Waals surface area contributed by atoms with Crippen LogP contribution in [0.4, 0.5) is 24.9 Å². The molecule has 2 aliphatic heterocycles. The highest BCUT2D eigenvalue weighted by Gasteiger charge is 2.38. The monoisotopic (exact) mass is 699 g/mol. The number of likely N-dealkylation sites (tertiary alicyclic amines) is 1. The lowest BCUT2D eigenvalue weighted by atomic mass is 10.0. The second-order valence-corrected chi connectivity index (χ2v) is 15.7. The zero-order valence-electron chi connectivity index (χ0n) is 28.0. The normalized spacial score (nSPS) is 18.7. The number of aromatic nitrogens is 3. The largest absolute Gasteiger partial charge is 0.396 e. The average molecular weight is 700 g/mol. The Labute approximate surface area is 286 Å². The van der Waals surface area contributed by atoms with Crippen molar-refractivity contribution in [3.05, 3.63) is 46.0 Å². The highest BCUT2D eigenvalue weighted by molar-refractivity contribution is 8.11. The summed E-state index contributed by atoms with van der Waals surface area (Å²) in [5, 5.41) is 18.2. The van der Waals surface area contributed by atoms with Crippen LogP contribution in [-0.4, -0.2) is 106 Å². The van der Waals surface area contributed by atoms with E-state index in [2.05, 4.69) is 76.5 Å². The summed E-state index contributed by atoms with van der Waals surface area (Å²) in [5.74, 6) is 3.59. The Balaban J connectivity index is 1.09. The Morgan fingerprint density at radius 3 is 2.44 bits per heavy atom. The first kappa shape index (κ1) is 34.6. The molecule has 258 valence electrons. The van der Waals surface area contributed by atoms with E-state index in [9.17, 15) is 18.4 Å². The fourth-order valence-corrected chi connectivity index (χ4v) is 8.63. The van der Waals surface area contributed by atoms with Crippen molar-refractivity contribution in [3.8, 4) is 6.07 Å². The third-order valence-electron chi connectivity index (χ3n) is 9.87. The number of halogens is 3. The predicted octanol–water partition coefficient (Wildman–Crippen LogP) is 6.47. The van der Waals surface area contributed by atoms with E-state index in [4.69, 9.17) is 0 Å². The molecule has 4 aromatic rings. The Kier molecular flexibility index (Phi) is 10.3. The van der Waals surface area contributed by atoms with Gasteiger partial charge in [0.2, 0.25) is 5.95 Å². The van der Waals surface area contributed by atoms with Crippen molar-refractivity contribution < 1.29 is 13.2 Å². The Hall–Kier alpha value is -3.22. The lowest BCUT2D eigenvalue weighted by Gasteiger charge is -2.35. The molecule has 3 aromatic heterocycles. The number of piperidine rings is 1. The lowest BCUT2D eigenvalue weighted by Crippen LogP contribution is -2.44. The van der Waals surface area contributed by atoms with E-state index in [1.165, 1.54) is 18.1 Å². The van der Waals surface area contributed by atoms with Crippen molar-refractivity contribution in [3.63, 3.8) is 0 Å². The van der Waals surface area contributed by atoms with Crippen LogP contribution in [0.1, 0.15) is 47.4 Å². The lowest BCUT2D eigenvalue weighted by molar-refractivity contribution is -0.145. The molecule has 5 heterocycles. The fraction of sp³-hybridized carbons (Fsp3) is 0.529. The summed E-state index contributed by atoms with van der Waals surface area (Å²) in [5.41, 5.74) is 4.29. The van der Waals surface area contributed by atoms with Crippen LogP contribution in [0.3, 0.4) is 0 Å². The molecular formula is C34H44F3N9S2. The number of alkyl halides is 3. The number of anilines is 2. The van der Waals surface area contributed by atoms with Crippen molar-refractivity contribution >= 4 is 60.8 Å². The van der Waals surface area contributed by atoms with Gasteiger partial charge >= 0.3 is 6.18 Å². The molecule has 0 spiro atoms. The standard InChI is InChI=1S/C34H44F3N9S2/c1-22-24(6-7-29-27(22)18-26(20-38)46(29)17-14-43-12-15-45(16-13-43)48(4)5)21-44-10-8-25(9-11-44)40-31-28-19-30(23(2)34(35,36)37)47-32(28)42-33(39-3)41-31/h6-7,18-19,23,25H,4,8-17,21H2,1-3,5H3,(H2,39,40,41,42). The number of thiophene rings is 1. The minimum Gasteiger partial charge on any atom is -0.367 e. The molecular weight excluding hydrogens is 656 g/mol. The van der Waals surface area contributed by atoms with E-state index in [-0.39, 0.29) is 21.6 Å². The second-order valence-electron chi connectivity index (χ2n) is 12.9. The van der Waals surface area contributed by atoms with Crippen molar-refractivity contribution in [1.82, 2.24) is 28.6 Å². The Bertz CT molecular complexity index is 1830. The van der Waals surface area contributed by atoms with Gasteiger partial charge in [-0.25, -0.2) is 4.98 Å². The molecule has 6 rings (SSSR count). The molecule has 0 saturated carbocycles. The maximum Gasteiger partial charge on any atom is 0.396 e. The number of nitrogens with one attached hydrogen (secondary N) is 2. The number of benzene rings is 1. The number of fused-ring (bicyclic) bond motifs is 2. The quantitative estimate of drug-likeness (QED) is 0.182. The van der Waals surface area contributed by atoms with Crippen LogP contribution in [0.15, 0.2) is 24.3 Å². The molecule has 0 radical (unpaired) electrons. The van der Waals surface area contributed by atoms with E-state index >= 15 is 0 Å². The molecule has 48 heavy (non-hydrogen) atoms. The maximum absolute atomic E-state index is 13.5. The zero-order chi connectivity index (χ0) is 34.2. The molecule has 2 unspecified atom stereocenters. The zero-order valence-corrected chi connectivity index (χ0v) is 29.7. The first-order chi connectivity index (χ1) is 22.9. The molecule has 2 N–H and O–H groups in total. The van der Waals surface area contributed by atoms with E-state index in [0.29, 0.717) is 27.7 Å². The summed E-state index contributed by atoms with van der Waals surface area (Å²) >= 11 is 1.07. The van der Waals surface area contributed by atoms with Gasteiger partial charge in [-0.05, 0) is 62.3 Å². The number of piperazine rings is 1.